The maximum absolute atomic E-state index is 13.0. The van der Waals surface area contributed by atoms with E-state index < -0.39 is 6.10 Å². The molecule has 0 spiro atoms. The van der Waals surface area contributed by atoms with Crippen molar-refractivity contribution in [1.29, 1.82) is 0 Å². The zero-order chi connectivity index (χ0) is 15.1. The molecule has 2 aromatic rings. The predicted molar refractivity (Wildman–Crippen MR) is 82.0 cm³/mol. The Morgan fingerprint density at radius 3 is 2.76 bits per heavy atom. The Hall–Kier alpha value is -1.62. The lowest BCUT2D eigenvalue weighted by molar-refractivity contribution is 0.0348. The van der Waals surface area contributed by atoms with Crippen LogP contribution in [0.2, 0.25) is 5.02 Å². The molecule has 0 saturated carbocycles. The maximum atomic E-state index is 13.0. The third-order valence-corrected chi connectivity index (χ3v) is 3.26. The smallest absolute Gasteiger partial charge is 0.125 e. The third-order valence-electron chi connectivity index (χ3n) is 2.89. The summed E-state index contributed by atoms with van der Waals surface area (Å²) in [7, 11) is 0. The standard InChI is InChI=1S/C16H17ClFNO2/c17-16-7-2-1-4-12(16)10-21-11-15(20)9-19-14-6-3-5-13(18)8-14/h1-8,15,19-20H,9-11H2. The SMILES string of the molecule is OC(CNc1cccc(F)c1)COCc1ccccc1Cl. The Kier molecular flexibility index (Phi) is 5.99. The maximum Gasteiger partial charge on any atom is 0.125 e. The van der Waals surface area contributed by atoms with Crippen LogP contribution in [0.15, 0.2) is 48.5 Å². The van der Waals surface area contributed by atoms with E-state index in [0.29, 0.717) is 17.3 Å². The highest BCUT2D eigenvalue weighted by molar-refractivity contribution is 6.31. The Bertz CT molecular complexity index is 580. The molecule has 3 nitrogen and oxygen atoms in total. The molecule has 0 saturated heterocycles. The monoisotopic (exact) mass is 309 g/mol. The van der Waals surface area contributed by atoms with Gasteiger partial charge in [0.1, 0.15) is 5.82 Å². The first-order valence-corrected chi connectivity index (χ1v) is 7.01. The van der Waals surface area contributed by atoms with Gasteiger partial charge in [-0.2, -0.15) is 0 Å². The van der Waals surface area contributed by atoms with E-state index in [4.69, 9.17) is 16.3 Å². The highest BCUT2D eigenvalue weighted by Gasteiger charge is 2.06. The Balaban J connectivity index is 1.70. The van der Waals surface area contributed by atoms with Gasteiger partial charge in [0.25, 0.3) is 0 Å². The van der Waals surface area contributed by atoms with Crippen LogP contribution in [0.4, 0.5) is 10.1 Å². The largest absolute Gasteiger partial charge is 0.389 e. The van der Waals surface area contributed by atoms with Gasteiger partial charge in [-0.1, -0.05) is 35.9 Å². The fraction of sp³-hybridized carbons (Fsp3) is 0.250. The molecule has 0 radical (unpaired) electrons. The van der Waals surface area contributed by atoms with Crippen molar-refractivity contribution in [3.63, 3.8) is 0 Å². The first kappa shape index (κ1) is 15.8. The summed E-state index contributed by atoms with van der Waals surface area (Å²) in [5.41, 5.74) is 1.50. The van der Waals surface area contributed by atoms with E-state index in [1.807, 2.05) is 18.2 Å². The van der Waals surface area contributed by atoms with Gasteiger partial charge >= 0.3 is 0 Å². The van der Waals surface area contributed by atoms with Gasteiger partial charge < -0.3 is 15.2 Å². The number of benzene rings is 2. The summed E-state index contributed by atoms with van der Waals surface area (Å²) >= 11 is 6.01. The van der Waals surface area contributed by atoms with Crippen molar-refractivity contribution in [3.05, 3.63) is 64.9 Å². The van der Waals surface area contributed by atoms with Gasteiger partial charge in [-0.3, -0.25) is 0 Å². The first-order chi connectivity index (χ1) is 10.1. The minimum absolute atomic E-state index is 0.174. The highest BCUT2D eigenvalue weighted by atomic mass is 35.5. The van der Waals surface area contributed by atoms with Crippen LogP contribution in [0.1, 0.15) is 5.56 Å². The van der Waals surface area contributed by atoms with Gasteiger partial charge in [-0.05, 0) is 29.8 Å². The van der Waals surface area contributed by atoms with Crippen LogP contribution < -0.4 is 5.32 Å². The molecule has 0 heterocycles. The number of ether oxygens (including phenoxy) is 1. The number of aliphatic hydroxyl groups excluding tert-OH is 1. The molecule has 1 unspecified atom stereocenters. The molecule has 5 heteroatoms. The summed E-state index contributed by atoms with van der Waals surface area (Å²) in [4.78, 5) is 0. The van der Waals surface area contributed by atoms with E-state index in [1.54, 1.807) is 18.2 Å². The molecule has 0 bridgehead atoms. The van der Waals surface area contributed by atoms with E-state index in [2.05, 4.69) is 5.32 Å². The summed E-state index contributed by atoms with van der Waals surface area (Å²) < 4.78 is 18.4. The molecule has 1 atom stereocenters. The van der Waals surface area contributed by atoms with E-state index in [-0.39, 0.29) is 19.0 Å². The zero-order valence-electron chi connectivity index (χ0n) is 11.4. The average Bonchev–Trinajstić information content (AvgIpc) is 2.47. The fourth-order valence-corrected chi connectivity index (χ4v) is 2.00. The topological polar surface area (TPSA) is 41.5 Å². The number of hydrogen-bond acceptors (Lipinski definition) is 3. The Labute approximate surface area is 128 Å². The highest BCUT2D eigenvalue weighted by Crippen LogP contribution is 2.15. The van der Waals surface area contributed by atoms with Gasteiger partial charge in [-0.25, -0.2) is 4.39 Å². The van der Waals surface area contributed by atoms with Crippen LogP contribution in [0, 0.1) is 5.82 Å². The molecule has 0 aliphatic carbocycles. The molecule has 112 valence electrons. The molecule has 0 aliphatic heterocycles. The minimum atomic E-state index is -0.684. The van der Waals surface area contributed by atoms with Crippen molar-refractivity contribution in [1.82, 2.24) is 0 Å². The van der Waals surface area contributed by atoms with Gasteiger partial charge in [0, 0.05) is 17.3 Å². The van der Waals surface area contributed by atoms with E-state index in [9.17, 15) is 9.50 Å². The quantitative estimate of drug-likeness (QED) is 0.823. The normalized spacial score (nSPS) is 12.1. The number of aliphatic hydroxyl groups is 1. The number of hydrogen-bond donors (Lipinski definition) is 2. The van der Waals surface area contributed by atoms with Crippen molar-refractivity contribution in [2.75, 3.05) is 18.5 Å². The Morgan fingerprint density at radius 1 is 1.19 bits per heavy atom. The summed E-state index contributed by atoms with van der Waals surface area (Å²) in [5, 5.41) is 13.4. The molecule has 2 rings (SSSR count). The number of nitrogens with one attached hydrogen (secondary N) is 1. The van der Waals surface area contributed by atoms with E-state index in [1.165, 1.54) is 12.1 Å². The molecule has 2 aromatic carbocycles. The molecular formula is C16H17ClFNO2. The summed E-state index contributed by atoms with van der Waals surface area (Å²) in [5.74, 6) is -0.315. The second kappa shape index (κ2) is 7.98. The fourth-order valence-electron chi connectivity index (χ4n) is 1.81. The molecular weight excluding hydrogens is 293 g/mol. The summed E-state index contributed by atoms with van der Waals surface area (Å²) in [6, 6.07) is 13.5. The van der Waals surface area contributed by atoms with Gasteiger partial charge in [0.05, 0.1) is 19.3 Å². The van der Waals surface area contributed by atoms with Gasteiger partial charge in [0.15, 0.2) is 0 Å². The van der Waals surface area contributed by atoms with Crippen molar-refractivity contribution in [2.45, 2.75) is 12.7 Å². The Morgan fingerprint density at radius 2 is 2.00 bits per heavy atom. The van der Waals surface area contributed by atoms with Crippen LogP contribution >= 0.6 is 11.6 Å². The zero-order valence-corrected chi connectivity index (χ0v) is 12.2. The molecule has 0 fully saturated rings. The summed E-state index contributed by atoms with van der Waals surface area (Å²) in [6.45, 7) is 0.802. The second-order valence-electron chi connectivity index (χ2n) is 4.65. The predicted octanol–water partition coefficient (Wildman–Crippen LogP) is 3.47. The van der Waals surface area contributed by atoms with E-state index >= 15 is 0 Å². The van der Waals surface area contributed by atoms with Crippen molar-refractivity contribution < 1.29 is 14.2 Å². The van der Waals surface area contributed by atoms with E-state index in [0.717, 1.165) is 5.56 Å². The lowest BCUT2D eigenvalue weighted by atomic mass is 10.2. The van der Waals surface area contributed by atoms with Gasteiger partial charge in [-0.15, -0.1) is 0 Å². The molecule has 0 aliphatic rings. The number of halogens is 2. The number of rotatable bonds is 7. The van der Waals surface area contributed by atoms with Crippen molar-refractivity contribution >= 4 is 17.3 Å². The summed E-state index contributed by atoms with van der Waals surface area (Å²) in [6.07, 6.45) is -0.684. The first-order valence-electron chi connectivity index (χ1n) is 6.64. The number of anilines is 1. The average molecular weight is 310 g/mol. The molecule has 0 aromatic heterocycles. The van der Waals surface area contributed by atoms with Crippen molar-refractivity contribution in [2.24, 2.45) is 0 Å². The molecule has 2 N–H and O–H groups in total. The van der Waals surface area contributed by atoms with Crippen molar-refractivity contribution in [3.8, 4) is 0 Å². The van der Waals surface area contributed by atoms with Crippen LogP contribution in [0.3, 0.4) is 0 Å². The minimum Gasteiger partial charge on any atom is -0.389 e. The van der Waals surface area contributed by atoms with Crippen LogP contribution in [0.25, 0.3) is 0 Å². The lowest BCUT2D eigenvalue weighted by Crippen LogP contribution is -2.24. The third kappa shape index (κ3) is 5.34. The van der Waals surface area contributed by atoms with Crippen LogP contribution in [-0.4, -0.2) is 24.4 Å². The van der Waals surface area contributed by atoms with Crippen LogP contribution in [-0.2, 0) is 11.3 Å². The molecule has 0 amide bonds. The molecule has 21 heavy (non-hydrogen) atoms. The van der Waals surface area contributed by atoms with Gasteiger partial charge in [0.2, 0.25) is 0 Å². The second-order valence-corrected chi connectivity index (χ2v) is 5.06. The lowest BCUT2D eigenvalue weighted by Gasteiger charge is -2.13. The van der Waals surface area contributed by atoms with Crippen LogP contribution in [0.5, 0.6) is 0 Å².